The quantitative estimate of drug-likeness (QED) is 0.645. The number of thiophene rings is 1. The summed E-state index contributed by atoms with van der Waals surface area (Å²) in [5.74, 6) is -0.350. The molecular weight excluding hydrogens is 274 g/mol. The molecule has 0 unspecified atom stereocenters. The van der Waals surface area contributed by atoms with E-state index in [1.165, 1.54) is 23.3 Å². The zero-order valence-corrected chi connectivity index (χ0v) is 12.9. The van der Waals surface area contributed by atoms with Gasteiger partial charge in [-0.1, -0.05) is 19.8 Å². The van der Waals surface area contributed by atoms with Crippen LogP contribution in [0.25, 0.3) is 0 Å². The number of carbonyl (C=O) groups excluding carboxylic acids is 2. The molecule has 0 bridgehead atoms. The van der Waals surface area contributed by atoms with E-state index in [0.717, 1.165) is 44.1 Å². The molecule has 0 saturated heterocycles. The molecule has 0 saturated carbocycles. The molecule has 1 aliphatic carbocycles. The van der Waals surface area contributed by atoms with Crippen LogP contribution in [0.4, 0.5) is 5.00 Å². The minimum Gasteiger partial charge on any atom is -0.465 e. The summed E-state index contributed by atoms with van der Waals surface area (Å²) in [5, 5.41) is 3.56. The van der Waals surface area contributed by atoms with Gasteiger partial charge in [0.2, 0.25) is 5.91 Å². The molecule has 1 aromatic heterocycles. The van der Waals surface area contributed by atoms with Gasteiger partial charge in [-0.3, -0.25) is 4.79 Å². The number of carbonyl (C=O) groups is 2. The van der Waals surface area contributed by atoms with Gasteiger partial charge in [-0.15, -0.1) is 11.3 Å². The van der Waals surface area contributed by atoms with Crippen LogP contribution in [0.1, 0.15) is 59.8 Å². The third-order valence-electron chi connectivity index (χ3n) is 3.57. The van der Waals surface area contributed by atoms with Crippen molar-refractivity contribution in [3.63, 3.8) is 0 Å². The topological polar surface area (TPSA) is 55.4 Å². The number of esters is 1. The van der Waals surface area contributed by atoms with Crippen LogP contribution in [0.2, 0.25) is 0 Å². The largest absolute Gasteiger partial charge is 0.465 e. The number of rotatable bonds is 6. The highest BCUT2D eigenvalue weighted by Gasteiger charge is 2.27. The van der Waals surface area contributed by atoms with Crippen molar-refractivity contribution >= 4 is 28.2 Å². The summed E-state index contributed by atoms with van der Waals surface area (Å²) >= 11 is 1.53. The zero-order valence-electron chi connectivity index (χ0n) is 12.1. The lowest BCUT2D eigenvalue weighted by atomic mass is 10.1. The Morgan fingerprint density at radius 3 is 2.80 bits per heavy atom. The summed E-state index contributed by atoms with van der Waals surface area (Å²) < 4.78 is 4.86. The van der Waals surface area contributed by atoms with Crippen molar-refractivity contribution in [2.75, 3.05) is 12.4 Å². The predicted octanol–water partition coefficient (Wildman–Crippen LogP) is 3.54. The highest BCUT2D eigenvalue weighted by atomic mass is 32.1. The predicted molar refractivity (Wildman–Crippen MR) is 80.5 cm³/mol. The Hall–Kier alpha value is -1.36. The number of nitrogens with one attached hydrogen (secondary N) is 1. The van der Waals surface area contributed by atoms with Crippen molar-refractivity contribution in [2.24, 2.45) is 0 Å². The van der Waals surface area contributed by atoms with Crippen molar-refractivity contribution in [1.29, 1.82) is 0 Å². The number of anilines is 1. The Morgan fingerprint density at radius 1 is 1.30 bits per heavy atom. The Kier molecular flexibility index (Phi) is 5.17. The van der Waals surface area contributed by atoms with Crippen LogP contribution in [0.5, 0.6) is 0 Å². The maximum absolute atomic E-state index is 11.9. The van der Waals surface area contributed by atoms with Gasteiger partial charge in [-0.2, -0.15) is 0 Å². The minimum atomic E-state index is -0.340. The van der Waals surface area contributed by atoms with Gasteiger partial charge in [0.15, 0.2) is 0 Å². The van der Waals surface area contributed by atoms with Crippen molar-refractivity contribution < 1.29 is 14.3 Å². The fourth-order valence-corrected chi connectivity index (χ4v) is 3.83. The molecular formula is C15H21NO3S. The van der Waals surface area contributed by atoms with Crippen LogP contribution in [0.3, 0.4) is 0 Å². The molecule has 2 rings (SSSR count). The van der Waals surface area contributed by atoms with E-state index in [-0.39, 0.29) is 11.9 Å². The van der Waals surface area contributed by atoms with Crippen LogP contribution in [0, 0.1) is 0 Å². The molecule has 0 atom stereocenters. The number of hydrogen-bond acceptors (Lipinski definition) is 4. The van der Waals surface area contributed by atoms with Gasteiger partial charge < -0.3 is 10.1 Å². The van der Waals surface area contributed by atoms with Gasteiger partial charge >= 0.3 is 5.97 Å². The van der Waals surface area contributed by atoms with Crippen molar-refractivity contribution in [3.05, 3.63) is 16.0 Å². The third-order valence-corrected chi connectivity index (χ3v) is 4.78. The number of methoxy groups -OCH3 is 1. The first kappa shape index (κ1) is 15.0. The van der Waals surface area contributed by atoms with Crippen LogP contribution in [-0.2, 0) is 22.4 Å². The normalized spacial score (nSPS) is 13.1. The number of hydrogen-bond donors (Lipinski definition) is 1. The molecule has 110 valence electrons. The van der Waals surface area contributed by atoms with Crippen LogP contribution < -0.4 is 5.32 Å². The second-order valence-corrected chi connectivity index (χ2v) is 6.16. The maximum Gasteiger partial charge on any atom is 0.341 e. The molecule has 1 N–H and O–H groups in total. The molecule has 4 nitrogen and oxygen atoms in total. The molecule has 1 heterocycles. The lowest BCUT2D eigenvalue weighted by molar-refractivity contribution is -0.116. The van der Waals surface area contributed by atoms with Gasteiger partial charge in [0.1, 0.15) is 5.00 Å². The molecule has 0 spiro atoms. The molecule has 20 heavy (non-hydrogen) atoms. The number of amides is 1. The fourth-order valence-electron chi connectivity index (χ4n) is 2.54. The second kappa shape index (κ2) is 6.88. The van der Waals surface area contributed by atoms with E-state index in [4.69, 9.17) is 4.74 Å². The van der Waals surface area contributed by atoms with Crippen LogP contribution in [-0.4, -0.2) is 19.0 Å². The van der Waals surface area contributed by atoms with Crippen LogP contribution in [0.15, 0.2) is 0 Å². The van der Waals surface area contributed by atoms with E-state index in [2.05, 4.69) is 12.2 Å². The molecule has 1 aromatic rings. The first-order chi connectivity index (χ1) is 9.67. The highest BCUT2D eigenvalue weighted by Crippen LogP contribution is 2.39. The summed E-state index contributed by atoms with van der Waals surface area (Å²) in [7, 11) is 1.38. The minimum absolute atomic E-state index is 0.0106. The molecule has 1 amide bonds. The zero-order chi connectivity index (χ0) is 14.5. The lowest BCUT2D eigenvalue weighted by Gasteiger charge is -2.06. The summed E-state index contributed by atoms with van der Waals surface area (Å²) in [5.41, 5.74) is 1.65. The Morgan fingerprint density at radius 2 is 2.10 bits per heavy atom. The highest BCUT2D eigenvalue weighted by molar-refractivity contribution is 7.17. The third kappa shape index (κ3) is 3.20. The SMILES string of the molecule is CCCCCC(=O)Nc1sc2c(c1C(=O)OC)CCC2. The van der Waals surface area contributed by atoms with Crippen molar-refractivity contribution in [3.8, 4) is 0 Å². The van der Waals surface area contributed by atoms with E-state index in [1.54, 1.807) is 0 Å². The number of aryl methyl sites for hydroxylation is 1. The van der Waals surface area contributed by atoms with E-state index in [9.17, 15) is 9.59 Å². The molecule has 0 radical (unpaired) electrons. The van der Waals surface area contributed by atoms with Gasteiger partial charge in [-0.05, 0) is 31.2 Å². The standard InChI is InChI=1S/C15H21NO3S/c1-3-4-5-9-12(17)16-14-13(15(18)19-2)10-7-6-8-11(10)20-14/h3-9H2,1-2H3,(H,16,17). The molecule has 0 fully saturated rings. The molecule has 1 aliphatic rings. The number of unbranched alkanes of at least 4 members (excludes halogenated alkanes) is 2. The average molecular weight is 295 g/mol. The molecule has 0 aromatic carbocycles. The summed E-state index contributed by atoms with van der Waals surface area (Å²) in [6.45, 7) is 2.11. The Balaban J connectivity index is 2.11. The van der Waals surface area contributed by atoms with E-state index < -0.39 is 0 Å². The van der Waals surface area contributed by atoms with Gasteiger partial charge in [0.05, 0.1) is 12.7 Å². The molecule has 0 aliphatic heterocycles. The average Bonchev–Trinajstić information content (AvgIpc) is 2.98. The van der Waals surface area contributed by atoms with Crippen molar-refractivity contribution in [1.82, 2.24) is 0 Å². The Bertz CT molecular complexity index is 507. The van der Waals surface area contributed by atoms with E-state index in [1.807, 2.05) is 0 Å². The fraction of sp³-hybridized carbons (Fsp3) is 0.600. The number of ether oxygens (including phenoxy) is 1. The van der Waals surface area contributed by atoms with E-state index >= 15 is 0 Å². The van der Waals surface area contributed by atoms with Crippen molar-refractivity contribution in [2.45, 2.75) is 51.9 Å². The number of fused-ring (bicyclic) bond motifs is 1. The van der Waals surface area contributed by atoms with Gasteiger partial charge in [-0.25, -0.2) is 4.79 Å². The first-order valence-corrected chi connectivity index (χ1v) is 8.01. The Labute approximate surface area is 123 Å². The van der Waals surface area contributed by atoms with Gasteiger partial charge in [0.25, 0.3) is 0 Å². The second-order valence-electron chi connectivity index (χ2n) is 5.06. The monoisotopic (exact) mass is 295 g/mol. The first-order valence-electron chi connectivity index (χ1n) is 7.20. The van der Waals surface area contributed by atoms with E-state index in [0.29, 0.717) is 17.0 Å². The lowest BCUT2D eigenvalue weighted by Crippen LogP contribution is -2.14. The summed E-state index contributed by atoms with van der Waals surface area (Å²) in [6, 6.07) is 0. The summed E-state index contributed by atoms with van der Waals surface area (Å²) in [4.78, 5) is 25.1. The molecule has 5 heteroatoms. The van der Waals surface area contributed by atoms with Crippen LogP contribution >= 0.6 is 11.3 Å². The maximum atomic E-state index is 11.9. The summed E-state index contributed by atoms with van der Waals surface area (Å²) in [6.07, 6.45) is 6.53. The van der Waals surface area contributed by atoms with Gasteiger partial charge in [0, 0.05) is 11.3 Å². The smallest absolute Gasteiger partial charge is 0.341 e.